The second-order valence-electron chi connectivity index (χ2n) is 8.21. The van der Waals surface area contributed by atoms with E-state index in [-0.39, 0.29) is 23.3 Å². The smallest absolute Gasteiger partial charge is 0.242 e. The fourth-order valence-electron chi connectivity index (χ4n) is 4.33. The molecule has 2 aliphatic heterocycles. The molecule has 5 nitrogen and oxygen atoms in total. The van der Waals surface area contributed by atoms with Gasteiger partial charge in [0.15, 0.2) is 0 Å². The van der Waals surface area contributed by atoms with Crippen molar-refractivity contribution in [1.29, 1.82) is 0 Å². The number of rotatable bonds is 7. The molecule has 3 heterocycles. The van der Waals surface area contributed by atoms with Gasteiger partial charge in [0.05, 0.1) is 6.54 Å². The molecule has 1 saturated carbocycles. The van der Waals surface area contributed by atoms with Crippen molar-refractivity contribution >= 4 is 23.2 Å². The number of carbonyl (C=O) groups is 2. The van der Waals surface area contributed by atoms with E-state index in [1.165, 1.54) is 45.2 Å². The molecule has 6 heteroatoms. The van der Waals surface area contributed by atoms with Gasteiger partial charge in [-0.05, 0) is 56.6 Å². The number of hydrogen-bond donors (Lipinski definition) is 1. The maximum Gasteiger partial charge on any atom is 0.242 e. The van der Waals surface area contributed by atoms with Crippen molar-refractivity contribution in [3.63, 3.8) is 0 Å². The predicted octanol–water partition coefficient (Wildman–Crippen LogP) is 2.62. The molecule has 142 valence electrons. The minimum Gasteiger partial charge on any atom is -0.354 e. The van der Waals surface area contributed by atoms with Gasteiger partial charge in [-0.3, -0.25) is 9.59 Å². The Bertz CT molecular complexity index is 635. The second kappa shape index (κ2) is 7.69. The number of likely N-dealkylation sites (tertiary alicyclic amines) is 2. The van der Waals surface area contributed by atoms with Crippen molar-refractivity contribution in [3.8, 4) is 0 Å². The molecule has 1 atom stereocenters. The zero-order chi connectivity index (χ0) is 18.0. The second-order valence-corrected chi connectivity index (χ2v) is 9.24. The molecule has 0 spiro atoms. The largest absolute Gasteiger partial charge is 0.354 e. The molecule has 1 aromatic rings. The van der Waals surface area contributed by atoms with Gasteiger partial charge in [0.2, 0.25) is 11.8 Å². The van der Waals surface area contributed by atoms with Crippen molar-refractivity contribution in [1.82, 2.24) is 15.1 Å². The molecule has 0 aromatic carbocycles. The van der Waals surface area contributed by atoms with E-state index in [2.05, 4.69) is 10.2 Å². The normalized spacial score (nSPS) is 25.5. The van der Waals surface area contributed by atoms with Crippen LogP contribution in [-0.4, -0.2) is 53.8 Å². The summed E-state index contributed by atoms with van der Waals surface area (Å²) in [5.74, 6) is 0.144. The number of piperidine rings is 1. The molecule has 0 radical (unpaired) electrons. The Morgan fingerprint density at radius 3 is 2.77 bits per heavy atom. The van der Waals surface area contributed by atoms with Gasteiger partial charge in [-0.15, -0.1) is 11.3 Å². The van der Waals surface area contributed by atoms with Crippen molar-refractivity contribution < 1.29 is 9.59 Å². The number of amides is 2. The molecule has 26 heavy (non-hydrogen) atoms. The maximum atomic E-state index is 12.8. The average Bonchev–Trinajstić information content (AvgIpc) is 3.04. The molecule has 1 aromatic heterocycles. The van der Waals surface area contributed by atoms with Crippen molar-refractivity contribution in [2.45, 2.75) is 57.5 Å². The summed E-state index contributed by atoms with van der Waals surface area (Å²) in [5, 5.41) is 5.21. The summed E-state index contributed by atoms with van der Waals surface area (Å²) < 4.78 is 0. The Kier molecular flexibility index (Phi) is 5.32. The lowest BCUT2D eigenvalue weighted by molar-refractivity contribution is -0.135. The van der Waals surface area contributed by atoms with Gasteiger partial charge in [-0.2, -0.15) is 0 Å². The molecule has 2 saturated heterocycles. The lowest BCUT2D eigenvalue weighted by Crippen LogP contribution is -2.47. The van der Waals surface area contributed by atoms with Gasteiger partial charge >= 0.3 is 0 Å². The Balaban J connectivity index is 1.30. The van der Waals surface area contributed by atoms with Crippen molar-refractivity contribution in [2.75, 3.05) is 26.2 Å². The molecule has 3 fully saturated rings. The Morgan fingerprint density at radius 2 is 2.08 bits per heavy atom. The van der Waals surface area contributed by atoms with Crippen molar-refractivity contribution in [3.05, 3.63) is 22.4 Å². The van der Waals surface area contributed by atoms with E-state index in [0.717, 1.165) is 18.0 Å². The van der Waals surface area contributed by atoms with Gasteiger partial charge in [0, 0.05) is 29.8 Å². The quantitative estimate of drug-likeness (QED) is 0.797. The summed E-state index contributed by atoms with van der Waals surface area (Å²) in [5.41, 5.74) is 0.286. The van der Waals surface area contributed by atoms with E-state index in [1.807, 2.05) is 17.5 Å². The average molecular weight is 376 g/mol. The summed E-state index contributed by atoms with van der Waals surface area (Å²) in [6.07, 6.45) is 7.54. The highest BCUT2D eigenvalue weighted by Crippen LogP contribution is 2.46. The molecule has 1 unspecified atom stereocenters. The lowest BCUT2D eigenvalue weighted by atomic mass is 10.0. The van der Waals surface area contributed by atoms with Crippen LogP contribution in [0.4, 0.5) is 0 Å². The van der Waals surface area contributed by atoms with Crippen LogP contribution >= 0.6 is 11.3 Å². The van der Waals surface area contributed by atoms with Crippen LogP contribution in [0.15, 0.2) is 17.5 Å². The van der Waals surface area contributed by atoms with E-state index in [1.54, 1.807) is 16.2 Å². The molecular weight excluding hydrogens is 346 g/mol. The molecule has 0 bridgehead atoms. The lowest BCUT2D eigenvalue weighted by Gasteiger charge is -2.31. The zero-order valence-electron chi connectivity index (χ0n) is 15.4. The maximum absolute atomic E-state index is 12.8. The van der Waals surface area contributed by atoms with Crippen molar-refractivity contribution in [2.24, 2.45) is 5.41 Å². The first-order valence-electron chi connectivity index (χ1n) is 9.97. The summed E-state index contributed by atoms with van der Waals surface area (Å²) in [6, 6.07) is 3.73. The standard InChI is InChI=1S/C20H29N3O2S/c24-18-7-6-17(23(18)13-16-5-4-12-26-16)19(25)21-14-20(8-9-20)15-22-10-2-1-3-11-22/h4-5,12,17H,1-3,6-11,13-15H2,(H,21,25). The van der Waals surface area contributed by atoms with Crippen LogP contribution in [0.2, 0.25) is 0 Å². The number of nitrogens with zero attached hydrogens (tertiary/aromatic N) is 2. The highest BCUT2D eigenvalue weighted by atomic mass is 32.1. The number of carbonyl (C=O) groups excluding carboxylic acids is 2. The van der Waals surface area contributed by atoms with Gasteiger partial charge in [-0.1, -0.05) is 12.5 Å². The summed E-state index contributed by atoms with van der Waals surface area (Å²) in [6.45, 7) is 4.87. The van der Waals surface area contributed by atoms with Crippen LogP contribution in [0, 0.1) is 5.41 Å². The summed E-state index contributed by atoms with van der Waals surface area (Å²) in [4.78, 5) is 30.5. The van der Waals surface area contributed by atoms with Crippen LogP contribution in [0.5, 0.6) is 0 Å². The molecule has 3 aliphatic rings. The van der Waals surface area contributed by atoms with Gasteiger partial charge in [0.1, 0.15) is 6.04 Å². The van der Waals surface area contributed by atoms with Crippen LogP contribution in [-0.2, 0) is 16.1 Å². The number of hydrogen-bond acceptors (Lipinski definition) is 4. The molecular formula is C20H29N3O2S. The summed E-state index contributed by atoms with van der Waals surface area (Å²) >= 11 is 1.64. The highest BCUT2D eigenvalue weighted by molar-refractivity contribution is 7.09. The SMILES string of the molecule is O=C(NCC1(CN2CCCCC2)CC1)C1CCC(=O)N1Cc1cccs1. The topological polar surface area (TPSA) is 52.7 Å². The van der Waals surface area contributed by atoms with E-state index >= 15 is 0 Å². The van der Waals surface area contributed by atoms with Crippen LogP contribution in [0.1, 0.15) is 49.8 Å². The Morgan fingerprint density at radius 1 is 1.27 bits per heavy atom. The van der Waals surface area contributed by atoms with Gasteiger partial charge < -0.3 is 15.1 Å². The molecule has 1 aliphatic carbocycles. The third-order valence-corrected chi connectivity index (χ3v) is 7.00. The first-order chi connectivity index (χ1) is 12.7. The zero-order valence-corrected chi connectivity index (χ0v) is 16.2. The number of thiophene rings is 1. The highest BCUT2D eigenvalue weighted by Gasteiger charge is 2.45. The third-order valence-electron chi connectivity index (χ3n) is 6.14. The fraction of sp³-hybridized carbons (Fsp3) is 0.700. The van der Waals surface area contributed by atoms with E-state index in [0.29, 0.717) is 19.4 Å². The fourth-order valence-corrected chi connectivity index (χ4v) is 5.03. The first-order valence-corrected chi connectivity index (χ1v) is 10.9. The Hall–Kier alpha value is -1.40. The molecule has 2 amide bonds. The minimum absolute atomic E-state index is 0.0392. The summed E-state index contributed by atoms with van der Waals surface area (Å²) in [7, 11) is 0. The van der Waals surface area contributed by atoms with Gasteiger partial charge in [0.25, 0.3) is 0 Å². The minimum atomic E-state index is -0.296. The monoisotopic (exact) mass is 375 g/mol. The molecule has 1 N–H and O–H groups in total. The van der Waals surface area contributed by atoms with Crippen LogP contribution < -0.4 is 5.32 Å². The first kappa shape index (κ1) is 18.0. The van der Waals surface area contributed by atoms with Crippen LogP contribution in [0.25, 0.3) is 0 Å². The van der Waals surface area contributed by atoms with Crippen LogP contribution in [0.3, 0.4) is 0 Å². The van der Waals surface area contributed by atoms with E-state index in [4.69, 9.17) is 0 Å². The van der Waals surface area contributed by atoms with E-state index in [9.17, 15) is 9.59 Å². The number of nitrogens with one attached hydrogen (secondary N) is 1. The van der Waals surface area contributed by atoms with Gasteiger partial charge in [-0.25, -0.2) is 0 Å². The predicted molar refractivity (Wildman–Crippen MR) is 103 cm³/mol. The Labute approximate surface area is 159 Å². The molecule has 4 rings (SSSR count). The van der Waals surface area contributed by atoms with E-state index < -0.39 is 0 Å². The third kappa shape index (κ3) is 4.12.